The first-order valence-corrected chi connectivity index (χ1v) is 5.40. The fraction of sp³-hybridized carbons (Fsp3) is 1.00. The van der Waals surface area contributed by atoms with Crippen LogP contribution in [0.5, 0.6) is 0 Å². The van der Waals surface area contributed by atoms with Crippen LogP contribution < -0.4 is 0 Å². The summed E-state index contributed by atoms with van der Waals surface area (Å²) < 4.78 is 0. The fourth-order valence-electron chi connectivity index (χ4n) is 2.88. The molecule has 2 saturated carbocycles. The van der Waals surface area contributed by atoms with Crippen LogP contribution in [0.2, 0.25) is 0 Å². The molecule has 0 amide bonds. The fourth-order valence-corrected chi connectivity index (χ4v) is 2.88. The zero-order valence-corrected chi connectivity index (χ0v) is 8.27. The minimum absolute atomic E-state index is 0. The number of fused-ring (bicyclic) bond motifs is 2. The first-order chi connectivity index (χ1) is 5.40. The minimum Gasteiger partial charge on any atom is -0.0776 e. The maximum absolute atomic E-state index is 2.35. The van der Waals surface area contributed by atoms with Gasteiger partial charge >= 0.3 is 0 Å². The molecule has 0 heterocycles. The summed E-state index contributed by atoms with van der Waals surface area (Å²) >= 11 is 0. The van der Waals surface area contributed by atoms with Gasteiger partial charge in [0.15, 0.2) is 0 Å². The number of hydrogen-bond donors (Lipinski definition) is 0. The molecule has 0 radical (unpaired) electrons. The van der Waals surface area contributed by atoms with Crippen LogP contribution in [0.4, 0.5) is 0 Å². The predicted octanol–water partition coefficient (Wildman–Crippen LogP) is 4.49. The van der Waals surface area contributed by atoms with Crippen LogP contribution in [0.15, 0.2) is 0 Å². The van der Waals surface area contributed by atoms with Gasteiger partial charge in [-0.2, -0.15) is 0 Å². The first kappa shape index (κ1) is 12.0. The van der Waals surface area contributed by atoms with Gasteiger partial charge in [-0.05, 0) is 37.0 Å². The van der Waals surface area contributed by atoms with Crippen LogP contribution in [0.3, 0.4) is 0 Å². The zero-order valence-electron chi connectivity index (χ0n) is 8.27. The Morgan fingerprint density at radius 2 is 1.75 bits per heavy atom. The lowest BCUT2D eigenvalue weighted by atomic mass is 9.87. The van der Waals surface area contributed by atoms with Gasteiger partial charge in [-0.15, -0.1) is 0 Å². The van der Waals surface area contributed by atoms with Gasteiger partial charge in [-0.1, -0.05) is 41.0 Å². The van der Waals surface area contributed by atoms with Crippen LogP contribution >= 0.6 is 0 Å². The van der Waals surface area contributed by atoms with Crippen molar-refractivity contribution in [2.45, 2.75) is 60.3 Å². The zero-order chi connectivity index (χ0) is 8.27. The van der Waals surface area contributed by atoms with Gasteiger partial charge in [0.1, 0.15) is 0 Å². The number of hydrogen-bond acceptors (Lipinski definition) is 0. The molecule has 3 atom stereocenters. The molecule has 74 valence electrons. The average molecular weight is 170 g/mol. The monoisotopic (exact) mass is 170 g/mol. The maximum Gasteiger partial charge on any atom is -0.0383 e. The van der Waals surface area contributed by atoms with E-state index in [1.54, 1.807) is 25.7 Å². The summed E-state index contributed by atoms with van der Waals surface area (Å²) in [7, 11) is 0. The van der Waals surface area contributed by atoms with Crippen molar-refractivity contribution in [3.05, 3.63) is 0 Å². The summed E-state index contributed by atoms with van der Waals surface area (Å²) in [6, 6.07) is 0. The topological polar surface area (TPSA) is 0 Å². The van der Waals surface area contributed by atoms with E-state index in [0.29, 0.717) is 0 Å². The summed E-state index contributed by atoms with van der Waals surface area (Å²) in [5, 5.41) is 0. The van der Waals surface area contributed by atoms with Crippen LogP contribution in [-0.4, -0.2) is 0 Å². The second-order valence-corrected chi connectivity index (χ2v) is 3.84. The highest BCUT2D eigenvalue weighted by atomic mass is 14.4. The molecule has 0 aromatic heterocycles. The Hall–Kier alpha value is 0. The maximum atomic E-state index is 2.35. The van der Waals surface area contributed by atoms with E-state index in [1.807, 2.05) is 13.8 Å². The molecular formula is C12H26. The Bertz CT molecular complexity index is 107. The smallest absolute Gasteiger partial charge is 0.0383 e. The highest BCUT2D eigenvalue weighted by Gasteiger charge is 2.37. The van der Waals surface area contributed by atoms with Gasteiger partial charge in [-0.3, -0.25) is 0 Å². The van der Waals surface area contributed by atoms with Gasteiger partial charge < -0.3 is 0 Å². The lowest BCUT2D eigenvalue weighted by molar-refractivity contribution is 0.324. The third kappa shape index (κ3) is 2.24. The highest BCUT2D eigenvalue weighted by Crippen LogP contribution is 2.49. The van der Waals surface area contributed by atoms with Gasteiger partial charge in [-0.25, -0.2) is 0 Å². The summed E-state index contributed by atoms with van der Waals surface area (Å²) in [4.78, 5) is 0. The standard InChI is InChI=1S/C9H16.C2H6.CH4/c1-2-8-5-7-3-4-9(8)6-7;1-2;/h7-9H,2-6H2,1H3;1-2H3;1H4. The minimum atomic E-state index is 0. The second-order valence-electron chi connectivity index (χ2n) is 3.84. The van der Waals surface area contributed by atoms with Gasteiger partial charge in [0.25, 0.3) is 0 Å². The SMILES string of the molecule is C.CC.CCC1CC2CCC1C2. The Labute approximate surface area is 78.8 Å². The van der Waals surface area contributed by atoms with Crippen molar-refractivity contribution in [1.82, 2.24) is 0 Å². The third-order valence-corrected chi connectivity index (χ3v) is 3.41. The normalized spacial score (nSPS) is 36.8. The van der Waals surface area contributed by atoms with Crippen molar-refractivity contribution in [3.8, 4) is 0 Å². The largest absolute Gasteiger partial charge is 0.0776 e. The van der Waals surface area contributed by atoms with Crippen LogP contribution in [-0.2, 0) is 0 Å². The highest BCUT2D eigenvalue weighted by molar-refractivity contribution is 4.88. The van der Waals surface area contributed by atoms with Gasteiger partial charge in [0.05, 0.1) is 0 Å². The summed E-state index contributed by atoms with van der Waals surface area (Å²) in [6.07, 6.45) is 7.71. The average Bonchev–Trinajstić information content (AvgIpc) is 2.67. The molecule has 0 N–H and O–H groups in total. The molecule has 2 aliphatic rings. The van der Waals surface area contributed by atoms with E-state index in [0.717, 1.165) is 17.8 Å². The van der Waals surface area contributed by atoms with E-state index in [2.05, 4.69) is 6.92 Å². The quantitative estimate of drug-likeness (QED) is 0.543. The molecular weight excluding hydrogens is 144 g/mol. The first-order valence-electron chi connectivity index (χ1n) is 5.40. The lowest BCUT2D eigenvalue weighted by Gasteiger charge is -2.18. The van der Waals surface area contributed by atoms with Gasteiger partial charge in [0.2, 0.25) is 0 Å². The van der Waals surface area contributed by atoms with E-state index in [9.17, 15) is 0 Å². The molecule has 2 fully saturated rings. The van der Waals surface area contributed by atoms with E-state index in [1.165, 1.54) is 6.42 Å². The van der Waals surface area contributed by atoms with Crippen molar-refractivity contribution >= 4 is 0 Å². The van der Waals surface area contributed by atoms with Crippen molar-refractivity contribution in [3.63, 3.8) is 0 Å². The molecule has 0 nitrogen and oxygen atoms in total. The number of rotatable bonds is 1. The Morgan fingerprint density at radius 3 is 2.00 bits per heavy atom. The van der Waals surface area contributed by atoms with Crippen molar-refractivity contribution in [2.75, 3.05) is 0 Å². The molecule has 2 bridgehead atoms. The summed E-state index contributed by atoms with van der Waals surface area (Å²) in [6.45, 7) is 6.35. The third-order valence-electron chi connectivity index (χ3n) is 3.41. The molecule has 0 spiro atoms. The predicted molar refractivity (Wildman–Crippen MR) is 57.3 cm³/mol. The molecule has 2 rings (SSSR count). The molecule has 0 aromatic rings. The Morgan fingerprint density at radius 1 is 1.08 bits per heavy atom. The van der Waals surface area contributed by atoms with E-state index < -0.39 is 0 Å². The van der Waals surface area contributed by atoms with E-state index in [4.69, 9.17) is 0 Å². The molecule has 3 unspecified atom stereocenters. The Balaban J connectivity index is 0.000000378. The van der Waals surface area contributed by atoms with E-state index in [-0.39, 0.29) is 7.43 Å². The molecule has 12 heavy (non-hydrogen) atoms. The van der Waals surface area contributed by atoms with Crippen molar-refractivity contribution in [2.24, 2.45) is 17.8 Å². The van der Waals surface area contributed by atoms with Crippen LogP contribution in [0.1, 0.15) is 60.3 Å². The van der Waals surface area contributed by atoms with Gasteiger partial charge in [0, 0.05) is 0 Å². The molecule has 0 aromatic carbocycles. The van der Waals surface area contributed by atoms with E-state index >= 15 is 0 Å². The lowest BCUT2D eigenvalue weighted by Crippen LogP contribution is -2.08. The molecule has 0 aliphatic heterocycles. The molecule has 0 heteroatoms. The summed E-state index contributed by atoms with van der Waals surface area (Å²) in [5.74, 6) is 3.43. The molecule has 0 saturated heterocycles. The van der Waals surface area contributed by atoms with Crippen molar-refractivity contribution < 1.29 is 0 Å². The van der Waals surface area contributed by atoms with Crippen LogP contribution in [0.25, 0.3) is 0 Å². The second kappa shape index (κ2) is 5.61. The Kier molecular flexibility index (Phi) is 5.61. The van der Waals surface area contributed by atoms with Crippen LogP contribution in [0, 0.1) is 17.8 Å². The summed E-state index contributed by atoms with van der Waals surface area (Å²) in [5.41, 5.74) is 0. The molecule has 2 aliphatic carbocycles. The van der Waals surface area contributed by atoms with Crippen molar-refractivity contribution in [1.29, 1.82) is 0 Å².